The van der Waals surface area contributed by atoms with Crippen LogP contribution in [0, 0.1) is 5.41 Å². The van der Waals surface area contributed by atoms with E-state index in [4.69, 9.17) is 4.74 Å². The first kappa shape index (κ1) is 22.8. The first-order chi connectivity index (χ1) is 14.6. The van der Waals surface area contributed by atoms with Gasteiger partial charge in [-0.25, -0.2) is 0 Å². The van der Waals surface area contributed by atoms with Crippen LogP contribution in [0.4, 0.5) is 0 Å². The lowest BCUT2D eigenvalue weighted by molar-refractivity contribution is -0.138. The Kier molecular flexibility index (Phi) is 8.70. The third-order valence-corrected chi connectivity index (χ3v) is 6.56. The van der Waals surface area contributed by atoms with Crippen LogP contribution in [0.1, 0.15) is 51.0 Å². The predicted molar refractivity (Wildman–Crippen MR) is 118 cm³/mol. The van der Waals surface area contributed by atoms with Crippen molar-refractivity contribution in [1.29, 1.82) is 0 Å². The Morgan fingerprint density at radius 1 is 1.07 bits per heavy atom. The first-order valence-electron chi connectivity index (χ1n) is 11.5. The lowest BCUT2D eigenvalue weighted by Crippen LogP contribution is -2.53. The molecule has 2 fully saturated rings. The van der Waals surface area contributed by atoms with E-state index in [-0.39, 0.29) is 17.2 Å². The third-order valence-electron chi connectivity index (χ3n) is 6.56. The van der Waals surface area contributed by atoms with Crippen LogP contribution in [0.15, 0.2) is 30.3 Å². The maximum absolute atomic E-state index is 13.2. The Morgan fingerprint density at radius 2 is 1.83 bits per heavy atom. The van der Waals surface area contributed by atoms with Gasteiger partial charge in [-0.05, 0) is 70.6 Å². The molecule has 2 N–H and O–H groups in total. The van der Waals surface area contributed by atoms with Gasteiger partial charge < -0.3 is 20.3 Å². The van der Waals surface area contributed by atoms with E-state index in [0.29, 0.717) is 19.8 Å². The molecule has 166 valence electrons. The monoisotopic (exact) mass is 415 g/mol. The molecular weight excluding hydrogens is 378 g/mol. The molecule has 0 saturated carbocycles. The molecule has 2 aliphatic rings. The largest absolute Gasteiger partial charge is 0.380 e. The van der Waals surface area contributed by atoms with Gasteiger partial charge >= 0.3 is 0 Å². The number of piperidine rings is 1. The topological polar surface area (TPSA) is 70.7 Å². The number of likely N-dealkylation sites (tertiary alicyclic amines) is 1. The number of amides is 2. The fourth-order valence-corrected chi connectivity index (χ4v) is 4.53. The minimum atomic E-state index is -0.515. The first-order valence-corrected chi connectivity index (χ1v) is 11.5. The molecule has 1 aromatic carbocycles. The van der Waals surface area contributed by atoms with Crippen molar-refractivity contribution in [2.45, 2.75) is 57.9 Å². The molecule has 1 aromatic rings. The van der Waals surface area contributed by atoms with Gasteiger partial charge in [0.2, 0.25) is 11.8 Å². The highest BCUT2D eigenvalue weighted by Crippen LogP contribution is 2.37. The van der Waals surface area contributed by atoms with E-state index in [9.17, 15) is 9.59 Å². The average molecular weight is 416 g/mol. The summed E-state index contributed by atoms with van der Waals surface area (Å²) >= 11 is 0. The summed E-state index contributed by atoms with van der Waals surface area (Å²) in [5.74, 6) is -0.0889. The number of benzene rings is 1. The second kappa shape index (κ2) is 11.5. The van der Waals surface area contributed by atoms with Crippen LogP contribution in [0.25, 0.3) is 0 Å². The molecule has 6 heteroatoms. The summed E-state index contributed by atoms with van der Waals surface area (Å²) in [4.78, 5) is 27.9. The molecule has 2 aliphatic heterocycles. The maximum Gasteiger partial charge on any atom is 0.242 e. The molecule has 2 heterocycles. The SMILES string of the molecule is C[C@@H]1NC(=O)C2(CCCCOCCNC1=O)CCN(CCCc1ccccc1)CC2. The van der Waals surface area contributed by atoms with Crippen LogP contribution >= 0.6 is 0 Å². The lowest BCUT2D eigenvalue weighted by atomic mass is 9.73. The van der Waals surface area contributed by atoms with Gasteiger partial charge in [-0.1, -0.05) is 36.8 Å². The third kappa shape index (κ3) is 6.54. The van der Waals surface area contributed by atoms with Crippen molar-refractivity contribution in [2.24, 2.45) is 5.41 Å². The zero-order chi connectivity index (χ0) is 21.2. The summed E-state index contributed by atoms with van der Waals surface area (Å²) in [6, 6.07) is 10.1. The summed E-state index contributed by atoms with van der Waals surface area (Å²) in [5, 5.41) is 5.84. The highest BCUT2D eigenvalue weighted by molar-refractivity contribution is 5.89. The second-order valence-corrected chi connectivity index (χ2v) is 8.77. The van der Waals surface area contributed by atoms with E-state index in [2.05, 4.69) is 45.9 Å². The van der Waals surface area contributed by atoms with E-state index in [1.165, 1.54) is 5.56 Å². The summed E-state index contributed by atoms with van der Waals surface area (Å²) in [6.07, 6.45) is 6.76. The Balaban J connectivity index is 1.54. The zero-order valence-electron chi connectivity index (χ0n) is 18.3. The molecule has 0 bridgehead atoms. The molecule has 2 saturated heterocycles. The number of ether oxygens (including phenoxy) is 1. The summed E-state index contributed by atoms with van der Waals surface area (Å²) in [6.45, 7) is 6.42. The second-order valence-electron chi connectivity index (χ2n) is 8.77. The van der Waals surface area contributed by atoms with Crippen LogP contribution in [-0.2, 0) is 20.7 Å². The Labute approximate surface area is 180 Å². The molecule has 3 rings (SSSR count). The quantitative estimate of drug-likeness (QED) is 0.793. The number of aryl methyl sites for hydroxylation is 1. The zero-order valence-corrected chi connectivity index (χ0v) is 18.3. The van der Waals surface area contributed by atoms with E-state index in [1.807, 2.05) is 0 Å². The van der Waals surface area contributed by atoms with Crippen LogP contribution in [0.3, 0.4) is 0 Å². The molecule has 0 radical (unpaired) electrons. The van der Waals surface area contributed by atoms with E-state index < -0.39 is 6.04 Å². The minimum Gasteiger partial charge on any atom is -0.380 e. The standard InChI is InChI=1S/C24H37N3O3/c1-20-22(28)25-14-19-30-18-6-5-11-24(23(29)26-20)12-16-27(17-13-24)15-7-10-21-8-3-2-4-9-21/h2-4,8-9,20H,5-7,10-19H2,1H3,(H,25,28)(H,26,29)/t20-/m0/s1. The van der Waals surface area contributed by atoms with Crippen molar-refractivity contribution >= 4 is 11.8 Å². The van der Waals surface area contributed by atoms with Gasteiger partial charge in [-0.3, -0.25) is 9.59 Å². The Bertz CT molecular complexity index is 672. The Hall–Kier alpha value is -1.92. The number of nitrogens with one attached hydrogen (secondary N) is 2. The highest BCUT2D eigenvalue weighted by atomic mass is 16.5. The van der Waals surface area contributed by atoms with E-state index in [1.54, 1.807) is 6.92 Å². The molecule has 30 heavy (non-hydrogen) atoms. The number of hydrogen-bond acceptors (Lipinski definition) is 4. The van der Waals surface area contributed by atoms with Crippen molar-refractivity contribution in [3.63, 3.8) is 0 Å². The van der Waals surface area contributed by atoms with Gasteiger partial charge in [0.05, 0.1) is 12.0 Å². The fourth-order valence-electron chi connectivity index (χ4n) is 4.53. The number of rotatable bonds is 4. The van der Waals surface area contributed by atoms with Gasteiger partial charge in [-0.15, -0.1) is 0 Å². The number of nitrogens with zero attached hydrogens (tertiary/aromatic N) is 1. The van der Waals surface area contributed by atoms with E-state index >= 15 is 0 Å². The predicted octanol–water partition coefficient (Wildman–Crippen LogP) is 2.52. The molecule has 2 amide bonds. The van der Waals surface area contributed by atoms with Gasteiger partial charge in [0.25, 0.3) is 0 Å². The van der Waals surface area contributed by atoms with Crippen LogP contribution in [0.2, 0.25) is 0 Å². The van der Waals surface area contributed by atoms with Gasteiger partial charge in [0.1, 0.15) is 6.04 Å². The summed E-state index contributed by atoms with van der Waals surface area (Å²) in [5.41, 5.74) is 1.02. The van der Waals surface area contributed by atoms with Crippen molar-refractivity contribution in [1.82, 2.24) is 15.5 Å². The van der Waals surface area contributed by atoms with Crippen LogP contribution < -0.4 is 10.6 Å². The Morgan fingerprint density at radius 3 is 2.60 bits per heavy atom. The van der Waals surface area contributed by atoms with E-state index in [0.717, 1.165) is 64.6 Å². The maximum atomic E-state index is 13.2. The average Bonchev–Trinajstić information content (AvgIpc) is 2.77. The number of carbonyl (C=O) groups excluding carboxylic acids is 2. The molecule has 0 aliphatic carbocycles. The van der Waals surface area contributed by atoms with Crippen LogP contribution in [-0.4, -0.2) is 62.1 Å². The lowest BCUT2D eigenvalue weighted by Gasteiger charge is -2.41. The molecule has 6 nitrogen and oxygen atoms in total. The molecule has 0 aromatic heterocycles. The van der Waals surface area contributed by atoms with Crippen LogP contribution in [0.5, 0.6) is 0 Å². The molecule has 1 atom stereocenters. The molecular formula is C24H37N3O3. The van der Waals surface area contributed by atoms with Crippen molar-refractivity contribution in [3.05, 3.63) is 35.9 Å². The van der Waals surface area contributed by atoms with Crippen molar-refractivity contribution in [3.8, 4) is 0 Å². The minimum absolute atomic E-state index is 0.0502. The van der Waals surface area contributed by atoms with Crippen molar-refractivity contribution in [2.75, 3.05) is 39.4 Å². The van der Waals surface area contributed by atoms with Gasteiger partial charge in [-0.2, -0.15) is 0 Å². The molecule has 0 unspecified atom stereocenters. The molecule has 1 spiro atoms. The highest BCUT2D eigenvalue weighted by Gasteiger charge is 2.41. The summed E-state index contributed by atoms with van der Waals surface area (Å²) < 4.78 is 5.60. The number of carbonyl (C=O) groups is 2. The van der Waals surface area contributed by atoms with Crippen molar-refractivity contribution < 1.29 is 14.3 Å². The van der Waals surface area contributed by atoms with Gasteiger partial charge in [0, 0.05) is 13.2 Å². The number of hydrogen-bond donors (Lipinski definition) is 2. The fraction of sp³-hybridized carbons (Fsp3) is 0.667. The smallest absolute Gasteiger partial charge is 0.242 e. The summed E-state index contributed by atoms with van der Waals surface area (Å²) in [7, 11) is 0. The normalized spacial score (nSPS) is 24.2. The van der Waals surface area contributed by atoms with Gasteiger partial charge in [0.15, 0.2) is 0 Å².